The summed E-state index contributed by atoms with van der Waals surface area (Å²) < 4.78 is 0.920. The van der Waals surface area contributed by atoms with Crippen LogP contribution in [-0.4, -0.2) is 11.9 Å². The van der Waals surface area contributed by atoms with Crippen LogP contribution in [0.5, 0.6) is 0 Å². The number of hydrogen-bond donors (Lipinski definition) is 3. The lowest BCUT2D eigenvalue weighted by Gasteiger charge is -2.18. The Kier molecular flexibility index (Phi) is 6.58. The van der Waals surface area contributed by atoms with E-state index in [0.717, 1.165) is 15.7 Å². The van der Waals surface area contributed by atoms with Crippen LogP contribution in [0.3, 0.4) is 0 Å². The van der Waals surface area contributed by atoms with E-state index in [2.05, 4.69) is 40.4 Å². The maximum absolute atomic E-state index is 12.4. The Balaban J connectivity index is 2.05. The number of carbonyl (C=O) groups excluding carboxylic acids is 2. The van der Waals surface area contributed by atoms with E-state index in [1.165, 1.54) is 5.56 Å². The molecule has 3 amide bonds. The van der Waals surface area contributed by atoms with Gasteiger partial charge in [0, 0.05) is 10.2 Å². The molecule has 0 aliphatic heterocycles. The van der Waals surface area contributed by atoms with Crippen LogP contribution in [0.1, 0.15) is 43.4 Å². The highest BCUT2D eigenvalue weighted by Crippen LogP contribution is 2.21. The van der Waals surface area contributed by atoms with Crippen LogP contribution in [0.2, 0.25) is 0 Å². The average Bonchev–Trinajstić information content (AvgIpc) is 2.55. The lowest BCUT2D eigenvalue weighted by atomic mass is 10.0. The van der Waals surface area contributed by atoms with E-state index in [1.54, 1.807) is 0 Å². The Bertz CT molecular complexity index is 727. The summed E-state index contributed by atoms with van der Waals surface area (Å²) in [6.07, 6.45) is 0.0938. The maximum Gasteiger partial charge on any atom is 0.312 e. The van der Waals surface area contributed by atoms with Crippen molar-refractivity contribution in [1.29, 1.82) is 0 Å². The number of primary amides is 1. The smallest absolute Gasteiger partial charge is 0.312 e. The molecule has 0 spiro atoms. The predicted molar refractivity (Wildman–Crippen MR) is 103 cm³/mol. The number of rotatable bonds is 6. The van der Waals surface area contributed by atoms with E-state index < -0.39 is 12.1 Å². The molecule has 0 aromatic heterocycles. The maximum atomic E-state index is 12.4. The van der Waals surface area contributed by atoms with Gasteiger partial charge in [0.25, 0.3) is 0 Å². The van der Waals surface area contributed by atoms with E-state index in [0.29, 0.717) is 5.92 Å². The largest absolute Gasteiger partial charge is 0.352 e. The van der Waals surface area contributed by atoms with E-state index in [-0.39, 0.29) is 12.3 Å². The van der Waals surface area contributed by atoms with Crippen LogP contribution in [0.15, 0.2) is 53.0 Å². The molecule has 0 aliphatic rings. The molecule has 5 nitrogen and oxygen atoms in total. The first-order valence-corrected chi connectivity index (χ1v) is 8.85. The molecule has 0 heterocycles. The van der Waals surface area contributed by atoms with Crippen molar-refractivity contribution < 1.29 is 9.59 Å². The fourth-order valence-corrected chi connectivity index (χ4v) is 2.73. The zero-order valence-electron chi connectivity index (χ0n) is 14.3. The summed E-state index contributed by atoms with van der Waals surface area (Å²) in [6.45, 7) is 4.23. The van der Waals surface area contributed by atoms with Crippen LogP contribution in [0, 0.1) is 0 Å². The number of nitrogens with two attached hydrogens (primary N) is 1. The van der Waals surface area contributed by atoms with Gasteiger partial charge in [0.15, 0.2) is 0 Å². The van der Waals surface area contributed by atoms with E-state index >= 15 is 0 Å². The van der Waals surface area contributed by atoms with E-state index in [9.17, 15) is 9.59 Å². The Morgan fingerprint density at radius 1 is 1.00 bits per heavy atom. The summed E-state index contributed by atoms with van der Waals surface area (Å²) in [5.41, 5.74) is 7.99. The first-order chi connectivity index (χ1) is 11.8. The highest BCUT2D eigenvalue weighted by atomic mass is 79.9. The van der Waals surface area contributed by atoms with Crippen molar-refractivity contribution >= 4 is 33.6 Å². The summed E-state index contributed by atoms with van der Waals surface area (Å²) in [7, 11) is 0. The monoisotopic (exact) mass is 403 g/mol. The second-order valence-electron chi connectivity index (χ2n) is 6.14. The third kappa shape index (κ3) is 5.90. The van der Waals surface area contributed by atoms with Crippen molar-refractivity contribution in [2.24, 2.45) is 5.73 Å². The van der Waals surface area contributed by atoms with Gasteiger partial charge in [-0.15, -0.1) is 0 Å². The van der Waals surface area contributed by atoms with Gasteiger partial charge in [-0.05, 0) is 41.3 Å². The molecule has 0 saturated heterocycles. The SMILES string of the molecule is CC(C)c1ccc(NC(=O)C[C@@H](NC(N)=O)c2ccc(Br)cc2)cc1. The molecule has 6 heteroatoms. The van der Waals surface area contributed by atoms with Crippen molar-refractivity contribution in [1.82, 2.24) is 5.32 Å². The van der Waals surface area contributed by atoms with Crippen molar-refractivity contribution in [2.45, 2.75) is 32.2 Å². The first-order valence-electron chi connectivity index (χ1n) is 8.06. The minimum absolute atomic E-state index is 0.0938. The van der Waals surface area contributed by atoms with Crippen molar-refractivity contribution in [3.8, 4) is 0 Å². The fraction of sp³-hybridized carbons (Fsp3) is 0.263. The number of carbonyl (C=O) groups is 2. The van der Waals surface area contributed by atoms with E-state index in [4.69, 9.17) is 5.73 Å². The number of halogens is 1. The third-order valence-corrected chi connectivity index (χ3v) is 4.37. The van der Waals surface area contributed by atoms with Gasteiger partial charge in [0.2, 0.25) is 5.91 Å². The molecule has 2 aromatic rings. The standard InChI is InChI=1S/C19H22BrN3O2/c1-12(2)13-5-9-16(10-6-13)22-18(24)11-17(23-19(21)25)14-3-7-15(20)8-4-14/h3-10,12,17H,11H2,1-2H3,(H,22,24)(H3,21,23,25)/t17-/m1/s1. The summed E-state index contributed by atoms with van der Waals surface area (Å²) in [5.74, 6) is 0.241. The predicted octanol–water partition coefficient (Wildman–Crippen LogP) is 4.31. The molecule has 0 fully saturated rings. The first kappa shape index (κ1) is 19.0. The Morgan fingerprint density at radius 3 is 2.08 bits per heavy atom. The second-order valence-corrected chi connectivity index (χ2v) is 7.06. The summed E-state index contributed by atoms with van der Waals surface area (Å²) >= 11 is 3.37. The number of benzene rings is 2. The molecule has 0 unspecified atom stereocenters. The molecule has 0 aliphatic carbocycles. The lowest BCUT2D eigenvalue weighted by Crippen LogP contribution is -2.35. The van der Waals surface area contributed by atoms with Gasteiger partial charge in [-0.25, -0.2) is 4.79 Å². The Morgan fingerprint density at radius 2 is 1.56 bits per heavy atom. The van der Waals surface area contributed by atoms with Gasteiger partial charge in [-0.2, -0.15) is 0 Å². The van der Waals surface area contributed by atoms with Crippen LogP contribution < -0.4 is 16.4 Å². The van der Waals surface area contributed by atoms with Crippen molar-refractivity contribution in [2.75, 3.05) is 5.32 Å². The topological polar surface area (TPSA) is 84.2 Å². The van der Waals surface area contributed by atoms with Crippen LogP contribution in [0.4, 0.5) is 10.5 Å². The lowest BCUT2D eigenvalue weighted by molar-refractivity contribution is -0.116. The minimum Gasteiger partial charge on any atom is -0.352 e. The number of amides is 3. The van der Waals surface area contributed by atoms with Crippen LogP contribution in [0.25, 0.3) is 0 Å². The highest BCUT2D eigenvalue weighted by molar-refractivity contribution is 9.10. The number of urea groups is 1. The average molecular weight is 404 g/mol. The number of hydrogen-bond acceptors (Lipinski definition) is 2. The van der Waals surface area contributed by atoms with Crippen molar-refractivity contribution in [3.63, 3.8) is 0 Å². The number of anilines is 1. The Labute approximate surface area is 156 Å². The fourth-order valence-electron chi connectivity index (χ4n) is 2.47. The molecular formula is C19H22BrN3O2. The summed E-state index contributed by atoms with van der Waals surface area (Å²) in [6, 6.07) is 14.0. The zero-order chi connectivity index (χ0) is 18.4. The molecule has 1 atom stereocenters. The van der Waals surface area contributed by atoms with Gasteiger partial charge in [0.05, 0.1) is 12.5 Å². The minimum atomic E-state index is -0.665. The summed E-state index contributed by atoms with van der Waals surface area (Å²) in [5, 5.41) is 5.47. The van der Waals surface area contributed by atoms with Gasteiger partial charge in [-0.3, -0.25) is 4.79 Å². The Hall–Kier alpha value is -2.34. The number of nitrogens with one attached hydrogen (secondary N) is 2. The van der Waals surface area contributed by atoms with E-state index in [1.807, 2.05) is 48.5 Å². The zero-order valence-corrected chi connectivity index (χ0v) is 15.8. The molecular weight excluding hydrogens is 382 g/mol. The van der Waals surface area contributed by atoms with Gasteiger partial charge in [-0.1, -0.05) is 54.0 Å². The van der Waals surface area contributed by atoms with Crippen LogP contribution >= 0.6 is 15.9 Å². The molecule has 0 bridgehead atoms. The molecule has 132 valence electrons. The molecule has 2 aromatic carbocycles. The molecule has 0 radical (unpaired) electrons. The molecule has 0 saturated carbocycles. The molecule has 25 heavy (non-hydrogen) atoms. The normalized spacial score (nSPS) is 11.8. The van der Waals surface area contributed by atoms with Crippen molar-refractivity contribution in [3.05, 3.63) is 64.1 Å². The van der Waals surface area contributed by atoms with Gasteiger partial charge < -0.3 is 16.4 Å². The second kappa shape index (κ2) is 8.67. The summed E-state index contributed by atoms with van der Waals surface area (Å²) in [4.78, 5) is 23.6. The molecule has 2 rings (SSSR count). The van der Waals surface area contributed by atoms with Crippen LogP contribution in [-0.2, 0) is 4.79 Å². The van der Waals surface area contributed by atoms with Gasteiger partial charge in [0.1, 0.15) is 0 Å². The highest BCUT2D eigenvalue weighted by Gasteiger charge is 2.17. The van der Waals surface area contributed by atoms with Gasteiger partial charge >= 0.3 is 6.03 Å². The quantitative estimate of drug-likeness (QED) is 0.670. The molecule has 4 N–H and O–H groups in total. The third-order valence-electron chi connectivity index (χ3n) is 3.84.